The summed E-state index contributed by atoms with van der Waals surface area (Å²) in [5.41, 5.74) is 0.277. The Morgan fingerprint density at radius 3 is 2.38 bits per heavy atom. The van der Waals surface area contributed by atoms with Crippen LogP contribution in [0.1, 0.15) is 0 Å². The quantitative estimate of drug-likeness (QED) is 0.500. The van der Waals surface area contributed by atoms with Crippen LogP contribution in [0.2, 0.25) is 0 Å². The first-order valence-electron chi connectivity index (χ1n) is 4.37. The third-order valence-corrected chi connectivity index (χ3v) is 2.08. The number of nitrogens with zero attached hydrogens (tertiary/aromatic N) is 2. The van der Waals surface area contributed by atoms with E-state index in [1.807, 2.05) is 0 Å². The number of anilines is 1. The number of nitro groups is 1. The molecule has 1 N–H and O–H groups in total. The summed E-state index contributed by atoms with van der Waals surface area (Å²) in [5, 5.41) is 19.3. The maximum absolute atomic E-state index is 10.8. The first-order chi connectivity index (χ1) is 7.56. The standard InChI is InChI=1S/C9H9ClN2O4/c10-5-6-11(9(13)14)7-1-3-8(4-2-7)12(15)16/h1-4H,5-6H2,(H,13,14). The van der Waals surface area contributed by atoms with Crippen molar-refractivity contribution in [2.75, 3.05) is 17.3 Å². The highest BCUT2D eigenvalue weighted by Gasteiger charge is 2.14. The maximum Gasteiger partial charge on any atom is 0.411 e. The van der Waals surface area contributed by atoms with Crippen molar-refractivity contribution in [1.29, 1.82) is 0 Å². The van der Waals surface area contributed by atoms with Crippen LogP contribution in [0.4, 0.5) is 16.2 Å². The van der Waals surface area contributed by atoms with Gasteiger partial charge in [-0.05, 0) is 12.1 Å². The van der Waals surface area contributed by atoms with E-state index in [0.29, 0.717) is 5.69 Å². The Morgan fingerprint density at radius 2 is 2.00 bits per heavy atom. The fraction of sp³-hybridized carbons (Fsp3) is 0.222. The fourth-order valence-corrected chi connectivity index (χ4v) is 1.34. The summed E-state index contributed by atoms with van der Waals surface area (Å²) >= 11 is 5.46. The molecule has 86 valence electrons. The molecule has 1 amide bonds. The number of benzene rings is 1. The van der Waals surface area contributed by atoms with Crippen molar-refractivity contribution in [2.24, 2.45) is 0 Å². The van der Waals surface area contributed by atoms with Gasteiger partial charge in [0.2, 0.25) is 0 Å². The third kappa shape index (κ3) is 2.83. The summed E-state index contributed by atoms with van der Waals surface area (Å²) in [6.07, 6.45) is -1.14. The zero-order valence-corrected chi connectivity index (χ0v) is 8.92. The summed E-state index contributed by atoms with van der Waals surface area (Å²) in [5.74, 6) is 0.156. The number of amides is 1. The monoisotopic (exact) mass is 244 g/mol. The number of alkyl halides is 1. The summed E-state index contributed by atoms with van der Waals surface area (Å²) in [6.45, 7) is 0.134. The second kappa shape index (κ2) is 5.32. The van der Waals surface area contributed by atoms with E-state index in [2.05, 4.69) is 0 Å². The van der Waals surface area contributed by atoms with Gasteiger partial charge < -0.3 is 5.11 Å². The van der Waals surface area contributed by atoms with Crippen LogP contribution in [0, 0.1) is 10.1 Å². The van der Waals surface area contributed by atoms with E-state index in [9.17, 15) is 14.9 Å². The van der Waals surface area contributed by atoms with Crippen LogP contribution < -0.4 is 4.90 Å². The van der Waals surface area contributed by atoms with Crippen LogP contribution in [0.5, 0.6) is 0 Å². The fourth-order valence-electron chi connectivity index (χ4n) is 1.17. The van der Waals surface area contributed by atoms with E-state index in [0.717, 1.165) is 4.90 Å². The first-order valence-corrected chi connectivity index (χ1v) is 4.90. The van der Waals surface area contributed by atoms with Gasteiger partial charge in [0, 0.05) is 30.2 Å². The highest BCUT2D eigenvalue weighted by Crippen LogP contribution is 2.19. The largest absolute Gasteiger partial charge is 0.465 e. The van der Waals surface area contributed by atoms with Crippen molar-refractivity contribution in [3.05, 3.63) is 34.4 Å². The molecule has 0 saturated carbocycles. The molecule has 1 aromatic carbocycles. The molecule has 0 radical (unpaired) electrons. The molecule has 1 rings (SSSR count). The van der Waals surface area contributed by atoms with Gasteiger partial charge in [-0.3, -0.25) is 15.0 Å². The molecule has 0 aromatic heterocycles. The minimum Gasteiger partial charge on any atom is -0.465 e. The molecule has 0 bridgehead atoms. The lowest BCUT2D eigenvalue weighted by Gasteiger charge is -2.17. The molecular formula is C9H9ClN2O4. The van der Waals surface area contributed by atoms with Crippen molar-refractivity contribution in [3.63, 3.8) is 0 Å². The first kappa shape index (κ1) is 12.3. The van der Waals surface area contributed by atoms with Gasteiger partial charge in [0.25, 0.3) is 5.69 Å². The highest BCUT2D eigenvalue weighted by atomic mass is 35.5. The van der Waals surface area contributed by atoms with Gasteiger partial charge in [0.05, 0.1) is 4.92 Å². The Hall–Kier alpha value is -1.82. The van der Waals surface area contributed by atoms with Gasteiger partial charge in [0.15, 0.2) is 0 Å². The average Bonchev–Trinajstić information content (AvgIpc) is 2.25. The van der Waals surface area contributed by atoms with E-state index in [4.69, 9.17) is 16.7 Å². The molecule has 0 aliphatic heterocycles. The van der Waals surface area contributed by atoms with Crippen LogP contribution in [0.3, 0.4) is 0 Å². The number of carbonyl (C=O) groups is 1. The molecule has 0 atom stereocenters. The number of carboxylic acid groups (broad SMARTS) is 1. The molecule has 0 saturated heterocycles. The van der Waals surface area contributed by atoms with Gasteiger partial charge in [-0.2, -0.15) is 0 Å². The number of rotatable bonds is 4. The molecule has 6 nitrogen and oxygen atoms in total. The molecule has 7 heteroatoms. The van der Waals surface area contributed by atoms with Gasteiger partial charge in [-0.25, -0.2) is 4.79 Å². The summed E-state index contributed by atoms with van der Waals surface area (Å²) < 4.78 is 0. The van der Waals surface area contributed by atoms with Crippen LogP contribution in [-0.2, 0) is 0 Å². The summed E-state index contributed by atoms with van der Waals surface area (Å²) in [4.78, 5) is 21.7. The Kier molecular flexibility index (Phi) is 4.07. The summed E-state index contributed by atoms with van der Waals surface area (Å²) in [7, 11) is 0. The molecule has 0 unspecified atom stereocenters. The highest BCUT2D eigenvalue weighted by molar-refractivity contribution is 6.18. The third-order valence-electron chi connectivity index (χ3n) is 1.91. The zero-order valence-electron chi connectivity index (χ0n) is 8.17. The molecular weight excluding hydrogens is 236 g/mol. The number of nitro benzene ring substituents is 1. The summed E-state index contributed by atoms with van der Waals surface area (Å²) in [6, 6.07) is 5.25. The van der Waals surface area contributed by atoms with Gasteiger partial charge in [0.1, 0.15) is 0 Å². The van der Waals surface area contributed by atoms with E-state index in [-0.39, 0.29) is 18.1 Å². The smallest absolute Gasteiger partial charge is 0.411 e. The Labute approximate surface area is 96.2 Å². The predicted octanol–water partition coefficient (Wildman–Crippen LogP) is 2.32. The minimum atomic E-state index is -1.14. The van der Waals surface area contributed by atoms with E-state index in [1.165, 1.54) is 24.3 Å². The van der Waals surface area contributed by atoms with E-state index < -0.39 is 11.0 Å². The van der Waals surface area contributed by atoms with Crippen molar-refractivity contribution in [3.8, 4) is 0 Å². The van der Waals surface area contributed by atoms with E-state index >= 15 is 0 Å². The van der Waals surface area contributed by atoms with Crippen molar-refractivity contribution in [2.45, 2.75) is 0 Å². The van der Waals surface area contributed by atoms with Gasteiger partial charge in [-0.15, -0.1) is 11.6 Å². The molecule has 0 aliphatic carbocycles. The van der Waals surface area contributed by atoms with Gasteiger partial charge in [-0.1, -0.05) is 0 Å². The minimum absolute atomic E-state index is 0.0834. The number of halogens is 1. The van der Waals surface area contributed by atoms with Crippen LogP contribution in [-0.4, -0.2) is 28.5 Å². The van der Waals surface area contributed by atoms with E-state index in [1.54, 1.807) is 0 Å². The lowest BCUT2D eigenvalue weighted by molar-refractivity contribution is -0.384. The molecule has 0 spiro atoms. The van der Waals surface area contributed by atoms with Crippen LogP contribution in [0.15, 0.2) is 24.3 Å². The lowest BCUT2D eigenvalue weighted by atomic mass is 10.2. The second-order valence-corrected chi connectivity index (χ2v) is 3.27. The lowest BCUT2D eigenvalue weighted by Crippen LogP contribution is -2.30. The van der Waals surface area contributed by atoms with Crippen LogP contribution in [0.25, 0.3) is 0 Å². The maximum atomic E-state index is 10.8. The number of hydrogen-bond donors (Lipinski definition) is 1. The van der Waals surface area contributed by atoms with Crippen molar-refractivity contribution in [1.82, 2.24) is 0 Å². The normalized spacial score (nSPS) is 9.81. The predicted molar refractivity (Wildman–Crippen MR) is 59.2 cm³/mol. The number of hydrogen-bond acceptors (Lipinski definition) is 3. The van der Waals surface area contributed by atoms with Crippen LogP contribution >= 0.6 is 11.6 Å². The molecule has 0 fully saturated rings. The molecule has 0 heterocycles. The Bertz CT molecular complexity index is 393. The Morgan fingerprint density at radius 1 is 1.44 bits per heavy atom. The molecule has 16 heavy (non-hydrogen) atoms. The topological polar surface area (TPSA) is 83.7 Å². The SMILES string of the molecule is O=C(O)N(CCCl)c1ccc([N+](=O)[O-])cc1. The van der Waals surface area contributed by atoms with Crippen molar-refractivity contribution >= 4 is 29.1 Å². The number of non-ortho nitro benzene ring substituents is 1. The zero-order chi connectivity index (χ0) is 12.1. The molecule has 1 aromatic rings. The van der Waals surface area contributed by atoms with Gasteiger partial charge >= 0.3 is 6.09 Å². The second-order valence-electron chi connectivity index (χ2n) is 2.90. The average molecular weight is 245 g/mol. The Balaban J connectivity index is 2.94. The van der Waals surface area contributed by atoms with Crippen molar-refractivity contribution < 1.29 is 14.8 Å². The molecule has 0 aliphatic rings.